The summed E-state index contributed by atoms with van der Waals surface area (Å²) in [6, 6.07) is 12.4. The normalized spacial score (nSPS) is 17.3. The van der Waals surface area contributed by atoms with E-state index in [0.717, 1.165) is 19.1 Å². The van der Waals surface area contributed by atoms with Crippen LogP contribution in [-0.2, 0) is 23.9 Å². The molecular weight excluding hydrogens is 458 g/mol. The standard InChI is InChI=1S/C25H25NO9/c1-32-17-9-5-15(6-10-17)22-21(23(29)16-7-11-18(33-2)12-8-16)24(30)25(31,13-19(27)34-3)26(22)14-20(28)35-4/h5-12,31H,13-14H2,1-4H3. The number of nitrogens with zero attached hydrogens (tertiary/aromatic N) is 1. The van der Waals surface area contributed by atoms with Gasteiger partial charge in [-0.05, 0) is 54.1 Å². The first-order valence-corrected chi connectivity index (χ1v) is 10.5. The second kappa shape index (κ2) is 10.4. The maximum atomic E-state index is 13.6. The van der Waals surface area contributed by atoms with Crippen LogP contribution in [0.25, 0.3) is 5.70 Å². The third kappa shape index (κ3) is 4.87. The fraction of sp³-hybridized carbons (Fsp3) is 0.280. The van der Waals surface area contributed by atoms with E-state index in [1.165, 1.54) is 26.4 Å². The molecule has 184 valence electrons. The molecule has 10 nitrogen and oxygen atoms in total. The van der Waals surface area contributed by atoms with Gasteiger partial charge in [0.15, 0.2) is 5.78 Å². The van der Waals surface area contributed by atoms with Gasteiger partial charge in [-0.15, -0.1) is 0 Å². The number of ether oxygens (including phenoxy) is 4. The Morgan fingerprint density at radius 1 is 0.829 bits per heavy atom. The monoisotopic (exact) mass is 483 g/mol. The van der Waals surface area contributed by atoms with Crippen molar-refractivity contribution in [1.29, 1.82) is 0 Å². The van der Waals surface area contributed by atoms with Crippen LogP contribution in [0.3, 0.4) is 0 Å². The van der Waals surface area contributed by atoms with Crippen molar-refractivity contribution >= 4 is 29.2 Å². The first-order valence-electron chi connectivity index (χ1n) is 10.5. The van der Waals surface area contributed by atoms with Gasteiger partial charge in [0.2, 0.25) is 11.5 Å². The van der Waals surface area contributed by atoms with Gasteiger partial charge in [-0.2, -0.15) is 0 Å². The van der Waals surface area contributed by atoms with Gasteiger partial charge >= 0.3 is 11.9 Å². The van der Waals surface area contributed by atoms with Crippen molar-refractivity contribution in [3.63, 3.8) is 0 Å². The number of aliphatic hydroxyl groups is 1. The third-order valence-corrected chi connectivity index (χ3v) is 5.62. The molecule has 1 aliphatic heterocycles. The molecule has 1 atom stereocenters. The molecule has 0 saturated heterocycles. The summed E-state index contributed by atoms with van der Waals surface area (Å²) in [6.07, 6.45) is -0.821. The fourth-order valence-corrected chi connectivity index (χ4v) is 3.75. The Balaban J connectivity index is 2.25. The van der Waals surface area contributed by atoms with Crippen molar-refractivity contribution in [1.82, 2.24) is 4.90 Å². The zero-order valence-electron chi connectivity index (χ0n) is 19.7. The summed E-state index contributed by atoms with van der Waals surface area (Å²) in [4.78, 5) is 52.6. The molecule has 2 aromatic rings. The van der Waals surface area contributed by atoms with Gasteiger partial charge < -0.3 is 29.0 Å². The predicted molar refractivity (Wildman–Crippen MR) is 123 cm³/mol. The third-order valence-electron chi connectivity index (χ3n) is 5.62. The van der Waals surface area contributed by atoms with E-state index in [2.05, 4.69) is 4.74 Å². The van der Waals surface area contributed by atoms with Crippen molar-refractivity contribution < 1.29 is 43.2 Å². The maximum absolute atomic E-state index is 13.6. The lowest BCUT2D eigenvalue weighted by molar-refractivity contribution is -0.165. The zero-order valence-corrected chi connectivity index (χ0v) is 19.7. The highest BCUT2D eigenvalue weighted by Gasteiger charge is 2.55. The summed E-state index contributed by atoms with van der Waals surface area (Å²) in [5.41, 5.74) is -2.51. The van der Waals surface area contributed by atoms with Gasteiger partial charge in [0, 0.05) is 5.56 Å². The van der Waals surface area contributed by atoms with Gasteiger partial charge in [0.05, 0.1) is 39.7 Å². The quantitative estimate of drug-likeness (QED) is 0.319. The predicted octanol–water partition coefficient (Wildman–Crippen LogP) is 1.61. The number of carbonyl (C=O) groups excluding carboxylic acids is 4. The van der Waals surface area contributed by atoms with E-state index in [1.54, 1.807) is 36.4 Å². The highest BCUT2D eigenvalue weighted by molar-refractivity contribution is 6.34. The van der Waals surface area contributed by atoms with Gasteiger partial charge in [0.1, 0.15) is 24.5 Å². The lowest BCUT2D eigenvalue weighted by Gasteiger charge is -2.34. The number of Topliss-reactive ketones (excluding diaryl/α,β-unsaturated/α-hetero) is 2. The summed E-state index contributed by atoms with van der Waals surface area (Å²) in [5, 5.41) is 11.5. The van der Waals surface area contributed by atoms with Crippen LogP contribution >= 0.6 is 0 Å². The molecule has 0 amide bonds. The van der Waals surface area contributed by atoms with E-state index in [1.807, 2.05) is 0 Å². The van der Waals surface area contributed by atoms with E-state index >= 15 is 0 Å². The van der Waals surface area contributed by atoms with Gasteiger partial charge in [-0.3, -0.25) is 19.2 Å². The Kier molecular flexibility index (Phi) is 7.55. The van der Waals surface area contributed by atoms with Crippen LogP contribution in [0.2, 0.25) is 0 Å². The van der Waals surface area contributed by atoms with E-state index in [0.29, 0.717) is 17.1 Å². The molecule has 1 aliphatic rings. The van der Waals surface area contributed by atoms with E-state index in [-0.39, 0.29) is 11.3 Å². The lowest BCUT2D eigenvalue weighted by Crippen LogP contribution is -2.53. The van der Waals surface area contributed by atoms with Crippen LogP contribution in [-0.4, -0.2) is 74.2 Å². The Bertz CT molecular complexity index is 1170. The Labute approximate surface area is 201 Å². The Morgan fingerprint density at radius 3 is 1.83 bits per heavy atom. The fourth-order valence-electron chi connectivity index (χ4n) is 3.75. The number of ketones is 2. The summed E-state index contributed by atoms with van der Waals surface area (Å²) < 4.78 is 19.7. The molecule has 0 aliphatic carbocycles. The molecule has 0 radical (unpaired) electrons. The smallest absolute Gasteiger partial charge is 0.325 e. The number of hydrogen-bond donors (Lipinski definition) is 1. The molecule has 35 heavy (non-hydrogen) atoms. The molecule has 2 aromatic carbocycles. The molecule has 3 rings (SSSR count). The van der Waals surface area contributed by atoms with E-state index in [9.17, 15) is 24.3 Å². The number of benzene rings is 2. The van der Waals surface area contributed by atoms with Crippen molar-refractivity contribution in [3.8, 4) is 11.5 Å². The molecule has 0 aromatic heterocycles. The number of hydrogen-bond acceptors (Lipinski definition) is 10. The van der Waals surface area contributed by atoms with E-state index < -0.39 is 47.8 Å². The summed E-state index contributed by atoms with van der Waals surface area (Å²) >= 11 is 0. The van der Waals surface area contributed by atoms with Crippen molar-refractivity contribution in [3.05, 3.63) is 65.2 Å². The minimum atomic E-state index is -2.56. The molecule has 1 unspecified atom stereocenters. The molecule has 10 heteroatoms. The van der Waals surface area contributed by atoms with Crippen LogP contribution in [0.4, 0.5) is 0 Å². The number of rotatable bonds is 9. The largest absolute Gasteiger partial charge is 0.497 e. The first-order chi connectivity index (χ1) is 16.7. The minimum absolute atomic E-state index is 0.0322. The average molecular weight is 483 g/mol. The average Bonchev–Trinajstić information content (AvgIpc) is 3.09. The van der Waals surface area contributed by atoms with Gasteiger partial charge in [-0.1, -0.05) is 0 Å². The summed E-state index contributed by atoms with van der Waals surface area (Å²) in [7, 11) is 5.18. The minimum Gasteiger partial charge on any atom is -0.497 e. The summed E-state index contributed by atoms with van der Waals surface area (Å²) in [5.74, 6) is -2.46. The molecule has 0 saturated carbocycles. The number of methoxy groups -OCH3 is 4. The lowest BCUT2D eigenvalue weighted by atomic mass is 9.94. The number of carbonyl (C=O) groups is 4. The molecule has 0 fully saturated rings. The van der Waals surface area contributed by atoms with Gasteiger partial charge in [0.25, 0.3) is 0 Å². The second-order valence-corrected chi connectivity index (χ2v) is 7.57. The summed E-state index contributed by atoms with van der Waals surface area (Å²) in [6.45, 7) is -0.615. The molecular formula is C25H25NO9. The maximum Gasteiger partial charge on any atom is 0.325 e. The second-order valence-electron chi connectivity index (χ2n) is 7.57. The SMILES string of the molecule is COC(=O)CN1C(c2ccc(OC)cc2)=C(C(=O)c2ccc(OC)cc2)C(=O)C1(O)CC(=O)OC. The molecule has 1 heterocycles. The molecule has 0 spiro atoms. The van der Waals surface area contributed by atoms with Crippen LogP contribution in [0.15, 0.2) is 54.1 Å². The topological polar surface area (TPSA) is 129 Å². The molecule has 0 bridgehead atoms. The Morgan fingerprint density at radius 2 is 1.34 bits per heavy atom. The molecule has 1 N–H and O–H groups in total. The van der Waals surface area contributed by atoms with Gasteiger partial charge in [-0.25, -0.2) is 0 Å². The van der Waals surface area contributed by atoms with Crippen LogP contribution in [0.1, 0.15) is 22.3 Å². The number of esters is 2. The van der Waals surface area contributed by atoms with Crippen LogP contribution in [0, 0.1) is 0 Å². The van der Waals surface area contributed by atoms with Crippen molar-refractivity contribution in [2.24, 2.45) is 0 Å². The van der Waals surface area contributed by atoms with Crippen LogP contribution in [0.5, 0.6) is 11.5 Å². The zero-order chi connectivity index (χ0) is 25.8. The Hall–Kier alpha value is -4.18. The van der Waals surface area contributed by atoms with Crippen molar-refractivity contribution in [2.75, 3.05) is 35.0 Å². The van der Waals surface area contributed by atoms with Crippen LogP contribution < -0.4 is 9.47 Å². The highest BCUT2D eigenvalue weighted by Crippen LogP contribution is 2.42. The highest BCUT2D eigenvalue weighted by atomic mass is 16.5. The van der Waals surface area contributed by atoms with E-state index in [4.69, 9.17) is 14.2 Å². The first kappa shape index (κ1) is 25.4. The van der Waals surface area contributed by atoms with Crippen molar-refractivity contribution in [2.45, 2.75) is 12.1 Å².